The van der Waals surface area contributed by atoms with Gasteiger partial charge in [-0.05, 0) is 6.26 Å². The number of ether oxygens (including phenoxy) is 1. The van der Waals surface area contributed by atoms with Crippen LogP contribution in [0.4, 0.5) is 14.4 Å². The summed E-state index contributed by atoms with van der Waals surface area (Å²) in [5, 5.41) is 1.84. The van der Waals surface area contributed by atoms with Crippen LogP contribution in [0.2, 0.25) is 0 Å². The van der Waals surface area contributed by atoms with Crippen LogP contribution in [0.5, 0.6) is 0 Å². The maximum Gasteiger partial charge on any atom is 0.404 e. The monoisotopic (exact) mass is 299 g/mol. The third kappa shape index (κ3) is 206. The lowest BCUT2D eigenvalue weighted by molar-refractivity contribution is -0.115. The van der Waals surface area contributed by atoms with Gasteiger partial charge in [-0.25, -0.2) is 9.59 Å². The average molecular weight is 299 g/mol. The lowest BCUT2D eigenvalue weighted by Gasteiger charge is -1.81. The Morgan fingerprint density at radius 1 is 1.05 bits per heavy atom. The molecule has 19 heavy (non-hydrogen) atoms. The van der Waals surface area contributed by atoms with Crippen LogP contribution in [-0.4, -0.2) is 43.7 Å². The Labute approximate surface area is 115 Å². The molecule has 0 aliphatic heterocycles. The molecule has 0 aromatic carbocycles. The molecule has 0 saturated heterocycles. The molecule has 0 spiro atoms. The molecule has 0 aliphatic rings. The molecule has 0 bridgehead atoms. The number of carbonyl (C=O) groups is 4. The Morgan fingerprint density at radius 3 is 1.21 bits per heavy atom. The van der Waals surface area contributed by atoms with E-state index in [2.05, 4.69) is 33.0 Å². The van der Waals surface area contributed by atoms with Gasteiger partial charge < -0.3 is 33.0 Å². The SMILES string of the molecule is CC(N)=O.CNC(N)=O.COC(N)=O.CSC(N)=O. The highest BCUT2D eigenvalue weighted by Crippen LogP contribution is 1.85. The summed E-state index contributed by atoms with van der Waals surface area (Å²) in [5.74, 6) is -0.333. The molecule has 0 aromatic heterocycles. The number of nitrogens with two attached hydrogens (primary N) is 4. The van der Waals surface area contributed by atoms with Gasteiger partial charge in [-0.3, -0.25) is 9.59 Å². The smallest absolute Gasteiger partial charge is 0.404 e. The summed E-state index contributed by atoms with van der Waals surface area (Å²) < 4.78 is 3.89. The van der Waals surface area contributed by atoms with Crippen molar-refractivity contribution in [2.75, 3.05) is 20.4 Å². The number of primary amides is 4. The van der Waals surface area contributed by atoms with Gasteiger partial charge in [-0.1, -0.05) is 11.8 Å². The molecular weight excluding hydrogens is 278 g/mol. The van der Waals surface area contributed by atoms with Crippen molar-refractivity contribution in [2.45, 2.75) is 6.92 Å². The minimum atomic E-state index is -0.745. The molecular formula is C8H21N5O5S. The van der Waals surface area contributed by atoms with Crippen molar-refractivity contribution in [3.8, 4) is 0 Å². The Kier molecular flexibility index (Phi) is 28.5. The number of methoxy groups -OCH3 is 1. The van der Waals surface area contributed by atoms with Gasteiger partial charge >= 0.3 is 12.1 Å². The highest BCUT2D eigenvalue weighted by molar-refractivity contribution is 8.12. The van der Waals surface area contributed by atoms with Crippen molar-refractivity contribution >= 4 is 35.0 Å². The number of hydrogen-bond acceptors (Lipinski definition) is 6. The molecule has 0 rings (SSSR count). The maximum atomic E-state index is 9.55. The van der Waals surface area contributed by atoms with E-state index in [0.717, 1.165) is 11.8 Å². The molecule has 114 valence electrons. The number of thioether (sulfide) groups is 1. The maximum absolute atomic E-state index is 9.55. The molecule has 0 aliphatic carbocycles. The van der Waals surface area contributed by atoms with Crippen molar-refractivity contribution in [1.82, 2.24) is 5.32 Å². The number of amides is 5. The van der Waals surface area contributed by atoms with E-state index in [1.165, 1.54) is 21.1 Å². The molecule has 0 heterocycles. The number of rotatable bonds is 0. The van der Waals surface area contributed by atoms with E-state index in [4.69, 9.17) is 0 Å². The van der Waals surface area contributed by atoms with Crippen LogP contribution in [0.3, 0.4) is 0 Å². The van der Waals surface area contributed by atoms with Gasteiger partial charge in [0.05, 0.1) is 7.11 Å². The van der Waals surface area contributed by atoms with Crippen LogP contribution in [-0.2, 0) is 9.53 Å². The molecule has 0 radical (unpaired) electrons. The van der Waals surface area contributed by atoms with Gasteiger partial charge in [-0.2, -0.15) is 0 Å². The first kappa shape index (κ1) is 25.6. The van der Waals surface area contributed by atoms with Crippen molar-refractivity contribution in [3.63, 3.8) is 0 Å². The standard InChI is InChI=1S/C2H6N2O.C2H5NO2.C2H5NOS.C2H5NO/c1-4-2(3)5;2*1-5-2(3)4;1-2(3)4/h1H3,(H3,3,4,5);2*1H3,(H2,3,4);1H3,(H2,3,4). The minimum Gasteiger partial charge on any atom is -0.453 e. The fourth-order valence-electron chi connectivity index (χ4n) is 0. The molecule has 0 saturated carbocycles. The summed E-state index contributed by atoms with van der Waals surface area (Å²) in [4.78, 5) is 37.6. The average Bonchev–Trinajstić information content (AvgIpc) is 2.29. The Bertz CT molecular complexity index is 237. The second-order valence-corrected chi connectivity index (χ2v) is 3.08. The summed E-state index contributed by atoms with van der Waals surface area (Å²) >= 11 is 1.02. The van der Waals surface area contributed by atoms with Gasteiger partial charge in [0.15, 0.2) is 0 Å². The minimum absolute atomic E-state index is 0.329. The highest BCUT2D eigenvalue weighted by atomic mass is 32.2. The predicted molar refractivity (Wildman–Crippen MR) is 73.2 cm³/mol. The number of carbonyl (C=O) groups excluding carboxylic acids is 4. The molecule has 5 amide bonds. The van der Waals surface area contributed by atoms with Gasteiger partial charge in [-0.15, -0.1) is 0 Å². The highest BCUT2D eigenvalue weighted by Gasteiger charge is 1.78. The first-order chi connectivity index (χ1) is 8.54. The van der Waals surface area contributed by atoms with Crippen molar-refractivity contribution in [1.29, 1.82) is 0 Å². The topological polar surface area (TPSA) is 194 Å². The van der Waals surface area contributed by atoms with Crippen LogP contribution in [0.25, 0.3) is 0 Å². The third-order valence-electron chi connectivity index (χ3n) is 0.649. The van der Waals surface area contributed by atoms with Crippen LogP contribution in [0.15, 0.2) is 0 Å². The summed E-state index contributed by atoms with van der Waals surface area (Å²) in [6, 6.07) is -0.495. The summed E-state index contributed by atoms with van der Waals surface area (Å²) in [5.41, 5.74) is 18.1. The first-order valence-electron chi connectivity index (χ1n) is 4.45. The van der Waals surface area contributed by atoms with Gasteiger partial charge in [0, 0.05) is 14.0 Å². The first-order valence-corrected chi connectivity index (χ1v) is 5.67. The zero-order chi connectivity index (χ0) is 16.4. The summed E-state index contributed by atoms with van der Waals surface area (Å²) in [6.07, 6.45) is 0.896. The van der Waals surface area contributed by atoms with Gasteiger partial charge in [0.2, 0.25) is 5.91 Å². The molecule has 11 heteroatoms. The fourth-order valence-corrected chi connectivity index (χ4v) is 0. The second-order valence-electron chi connectivity index (χ2n) is 2.27. The van der Waals surface area contributed by atoms with E-state index in [-0.39, 0.29) is 11.1 Å². The zero-order valence-corrected chi connectivity index (χ0v) is 12.1. The summed E-state index contributed by atoms with van der Waals surface area (Å²) in [7, 11) is 2.70. The van der Waals surface area contributed by atoms with Crippen molar-refractivity contribution in [2.24, 2.45) is 22.9 Å². The van der Waals surface area contributed by atoms with Crippen molar-refractivity contribution in [3.05, 3.63) is 0 Å². The largest absolute Gasteiger partial charge is 0.453 e. The van der Waals surface area contributed by atoms with E-state index in [0.29, 0.717) is 0 Å². The quantitative estimate of drug-likeness (QED) is 0.377. The van der Waals surface area contributed by atoms with Crippen LogP contribution in [0.1, 0.15) is 6.92 Å². The normalized spacial score (nSPS) is 6.74. The third-order valence-corrected chi connectivity index (χ3v) is 1.05. The molecule has 0 aromatic rings. The van der Waals surface area contributed by atoms with Crippen molar-refractivity contribution < 1.29 is 23.9 Å². The molecule has 0 atom stereocenters. The van der Waals surface area contributed by atoms with Crippen LogP contribution >= 0.6 is 11.8 Å². The van der Waals surface area contributed by atoms with Gasteiger partial charge in [0.1, 0.15) is 0 Å². The van der Waals surface area contributed by atoms with E-state index >= 15 is 0 Å². The lowest BCUT2D eigenvalue weighted by Crippen LogP contribution is -2.24. The molecule has 0 fully saturated rings. The van der Waals surface area contributed by atoms with E-state index in [1.807, 2.05) is 0 Å². The fraction of sp³-hybridized carbons (Fsp3) is 0.500. The number of nitrogens with one attached hydrogen (secondary N) is 1. The molecule has 10 nitrogen and oxygen atoms in total. The number of urea groups is 1. The molecule has 0 unspecified atom stereocenters. The van der Waals surface area contributed by atoms with Crippen LogP contribution < -0.4 is 28.3 Å². The summed E-state index contributed by atoms with van der Waals surface area (Å²) in [6.45, 7) is 1.31. The zero-order valence-electron chi connectivity index (χ0n) is 11.3. The Balaban J connectivity index is -0.0000000793. The van der Waals surface area contributed by atoms with Gasteiger partial charge in [0.25, 0.3) is 5.24 Å². The number of hydrogen-bond donors (Lipinski definition) is 5. The van der Waals surface area contributed by atoms with Crippen LogP contribution in [0, 0.1) is 0 Å². The lowest BCUT2D eigenvalue weighted by atomic mass is 10.8. The van der Waals surface area contributed by atoms with E-state index in [9.17, 15) is 19.2 Å². The predicted octanol–water partition coefficient (Wildman–Crippen LogP) is -1.08. The Morgan fingerprint density at radius 2 is 1.21 bits per heavy atom. The van der Waals surface area contributed by atoms with E-state index < -0.39 is 12.1 Å². The molecule has 9 N–H and O–H groups in total. The Hall–Kier alpha value is -2.17. The second kappa shape index (κ2) is 21.1. The van der Waals surface area contributed by atoms with E-state index in [1.54, 1.807) is 6.26 Å².